The molecule has 0 saturated heterocycles. The highest BCUT2D eigenvalue weighted by Crippen LogP contribution is 2.34. The number of hydrogen-bond acceptors (Lipinski definition) is 2. The Kier molecular flexibility index (Phi) is 3.23. The van der Waals surface area contributed by atoms with Gasteiger partial charge in [-0.1, -0.05) is 0 Å². The zero-order valence-corrected chi connectivity index (χ0v) is 9.92. The van der Waals surface area contributed by atoms with Crippen molar-refractivity contribution in [2.45, 2.75) is 19.3 Å². The molecule has 0 atom stereocenters. The lowest BCUT2D eigenvalue weighted by Gasteiger charge is -2.11. The SMILES string of the molecule is Cc1cn(-c2ncccc2C(F)(F)F)nc1C(F)(F)F. The van der Waals surface area contributed by atoms with Crippen molar-refractivity contribution >= 4 is 0 Å². The molecule has 2 aromatic rings. The van der Waals surface area contributed by atoms with Gasteiger partial charge in [-0.25, -0.2) is 9.67 Å². The highest BCUT2D eigenvalue weighted by Gasteiger charge is 2.38. The number of aryl methyl sites for hydroxylation is 1. The molecule has 0 aliphatic carbocycles. The summed E-state index contributed by atoms with van der Waals surface area (Å²) < 4.78 is 76.6. The van der Waals surface area contributed by atoms with Crippen molar-refractivity contribution < 1.29 is 26.3 Å². The molecule has 108 valence electrons. The maximum atomic E-state index is 12.8. The van der Waals surface area contributed by atoms with Gasteiger partial charge in [0, 0.05) is 18.0 Å². The Morgan fingerprint density at radius 2 is 1.70 bits per heavy atom. The van der Waals surface area contributed by atoms with Crippen LogP contribution in [0.5, 0.6) is 0 Å². The van der Waals surface area contributed by atoms with Crippen LogP contribution in [0.4, 0.5) is 26.3 Å². The molecule has 3 nitrogen and oxygen atoms in total. The van der Waals surface area contributed by atoms with Crippen molar-refractivity contribution in [2.24, 2.45) is 0 Å². The lowest BCUT2D eigenvalue weighted by Crippen LogP contribution is -2.14. The molecule has 0 unspecified atom stereocenters. The average molecular weight is 295 g/mol. The van der Waals surface area contributed by atoms with Gasteiger partial charge in [-0.05, 0) is 19.1 Å². The molecule has 0 bridgehead atoms. The van der Waals surface area contributed by atoms with Gasteiger partial charge < -0.3 is 0 Å². The molecule has 0 fully saturated rings. The van der Waals surface area contributed by atoms with Gasteiger partial charge >= 0.3 is 12.4 Å². The second-order valence-electron chi connectivity index (χ2n) is 3.98. The molecule has 0 N–H and O–H groups in total. The van der Waals surface area contributed by atoms with Gasteiger partial charge in [-0.2, -0.15) is 31.4 Å². The van der Waals surface area contributed by atoms with Crippen molar-refractivity contribution in [1.29, 1.82) is 0 Å². The highest BCUT2D eigenvalue weighted by atomic mass is 19.4. The van der Waals surface area contributed by atoms with E-state index in [1.807, 2.05) is 0 Å². The standard InChI is InChI=1S/C11H7F6N3/c1-6-5-20(19-8(6)11(15,16)17)9-7(10(12,13)14)3-2-4-18-9/h2-5H,1H3. The molecule has 2 aromatic heterocycles. The van der Waals surface area contributed by atoms with E-state index in [1.54, 1.807) is 0 Å². The predicted octanol–water partition coefficient (Wildman–Crippen LogP) is 3.61. The van der Waals surface area contributed by atoms with E-state index in [-0.39, 0.29) is 5.56 Å². The summed E-state index contributed by atoms with van der Waals surface area (Å²) in [5.74, 6) is -0.696. The molecule has 2 rings (SSSR count). The summed E-state index contributed by atoms with van der Waals surface area (Å²) in [5, 5.41) is 3.15. The summed E-state index contributed by atoms with van der Waals surface area (Å²) in [6, 6.07) is 1.78. The van der Waals surface area contributed by atoms with Crippen molar-refractivity contribution in [1.82, 2.24) is 14.8 Å². The maximum absolute atomic E-state index is 12.8. The van der Waals surface area contributed by atoms with E-state index in [4.69, 9.17) is 0 Å². The van der Waals surface area contributed by atoms with Crippen LogP contribution in [0.1, 0.15) is 16.8 Å². The average Bonchev–Trinajstić information content (AvgIpc) is 2.70. The van der Waals surface area contributed by atoms with Gasteiger partial charge in [0.2, 0.25) is 0 Å². The highest BCUT2D eigenvalue weighted by molar-refractivity contribution is 5.36. The molecule has 0 spiro atoms. The maximum Gasteiger partial charge on any atom is 0.435 e. The van der Waals surface area contributed by atoms with Crippen molar-refractivity contribution in [3.63, 3.8) is 0 Å². The number of alkyl halides is 6. The number of hydrogen-bond donors (Lipinski definition) is 0. The van der Waals surface area contributed by atoms with Gasteiger partial charge in [0.25, 0.3) is 0 Å². The zero-order valence-electron chi connectivity index (χ0n) is 9.92. The molecular formula is C11H7F6N3. The van der Waals surface area contributed by atoms with E-state index in [9.17, 15) is 26.3 Å². The molecule has 0 saturated carbocycles. The Morgan fingerprint density at radius 3 is 2.20 bits per heavy atom. The predicted molar refractivity (Wildman–Crippen MR) is 56.1 cm³/mol. The van der Waals surface area contributed by atoms with Gasteiger partial charge in [-0.15, -0.1) is 0 Å². The van der Waals surface area contributed by atoms with Crippen LogP contribution in [-0.4, -0.2) is 14.8 Å². The van der Waals surface area contributed by atoms with Gasteiger partial charge in [0.1, 0.15) is 5.56 Å². The Bertz CT molecular complexity index is 626. The first-order chi connectivity index (χ1) is 9.10. The van der Waals surface area contributed by atoms with Crippen LogP contribution in [-0.2, 0) is 12.4 Å². The van der Waals surface area contributed by atoms with Crippen LogP contribution in [0.15, 0.2) is 24.5 Å². The third-order valence-corrected chi connectivity index (χ3v) is 2.47. The Hall–Kier alpha value is -2.06. The zero-order chi connectivity index (χ0) is 15.1. The fourth-order valence-electron chi connectivity index (χ4n) is 1.65. The van der Waals surface area contributed by atoms with Crippen molar-refractivity contribution in [2.75, 3.05) is 0 Å². The first-order valence-corrected chi connectivity index (χ1v) is 5.27. The monoisotopic (exact) mass is 295 g/mol. The molecule has 2 heterocycles. The minimum Gasteiger partial charge on any atom is -0.237 e. The van der Waals surface area contributed by atoms with Crippen LogP contribution in [0.3, 0.4) is 0 Å². The molecule has 0 radical (unpaired) electrons. The molecule has 0 aliphatic rings. The summed E-state index contributed by atoms with van der Waals surface area (Å²) in [6.07, 6.45) is -7.56. The lowest BCUT2D eigenvalue weighted by molar-refractivity contribution is -0.141. The van der Waals surface area contributed by atoms with Crippen LogP contribution in [0, 0.1) is 6.92 Å². The van der Waals surface area contributed by atoms with Crippen LogP contribution in [0.2, 0.25) is 0 Å². The number of rotatable bonds is 1. The topological polar surface area (TPSA) is 30.7 Å². The van der Waals surface area contributed by atoms with E-state index in [1.165, 1.54) is 0 Å². The Labute approximate surface area is 108 Å². The molecule has 0 aromatic carbocycles. The summed E-state index contributed by atoms with van der Waals surface area (Å²) in [4.78, 5) is 3.47. The second-order valence-corrected chi connectivity index (χ2v) is 3.98. The third-order valence-electron chi connectivity index (χ3n) is 2.47. The quantitative estimate of drug-likeness (QED) is 0.752. The van der Waals surface area contributed by atoms with E-state index >= 15 is 0 Å². The normalized spacial score (nSPS) is 12.8. The summed E-state index contributed by atoms with van der Waals surface area (Å²) >= 11 is 0. The summed E-state index contributed by atoms with van der Waals surface area (Å²) in [7, 11) is 0. The minimum absolute atomic E-state index is 0.281. The largest absolute Gasteiger partial charge is 0.435 e. The molecule has 0 amide bonds. The Balaban J connectivity index is 2.59. The van der Waals surface area contributed by atoms with Crippen LogP contribution < -0.4 is 0 Å². The summed E-state index contributed by atoms with van der Waals surface area (Å²) in [5.41, 5.74) is -2.68. The number of aromatic nitrogens is 3. The number of nitrogens with zero attached hydrogens (tertiary/aromatic N) is 3. The molecule has 9 heteroatoms. The first kappa shape index (κ1) is 14.4. The molecular weight excluding hydrogens is 288 g/mol. The second kappa shape index (κ2) is 4.50. The number of halogens is 6. The van der Waals surface area contributed by atoms with Crippen LogP contribution >= 0.6 is 0 Å². The van der Waals surface area contributed by atoms with Crippen molar-refractivity contribution in [3.8, 4) is 5.82 Å². The third kappa shape index (κ3) is 2.61. The van der Waals surface area contributed by atoms with E-state index in [0.29, 0.717) is 4.68 Å². The number of pyridine rings is 1. The first-order valence-electron chi connectivity index (χ1n) is 5.27. The molecule has 20 heavy (non-hydrogen) atoms. The van der Waals surface area contributed by atoms with E-state index < -0.39 is 29.4 Å². The van der Waals surface area contributed by atoms with Crippen LogP contribution in [0.25, 0.3) is 5.82 Å². The van der Waals surface area contributed by atoms with Gasteiger partial charge in [-0.3, -0.25) is 0 Å². The lowest BCUT2D eigenvalue weighted by atomic mass is 10.2. The van der Waals surface area contributed by atoms with Crippen molar-refractivity contribution in [3.05, 3.63) is 41.3 Å². The smallest absolute Gasteiger partial charge is 0.237 e. The molecule has 0 aliphatic heterocycles. The van der Waals surface area contributed by atoms with E-state index in [2.05, 4.69) is 10.1 Å². The van der Waals surface area contributed by atoms with Gasteiger partial charge in [0.05, 0.1) is 0 Å². The summed E-state index contributed by atoms with van der Waals surface area (Å²) in [6.45, 7) is 1.11. The minimum atomic E-state index is -4.73. The fourth-order valence-corrected chi connectivity index (χ4v) is 1.65. The van der Waals surface area contributed by atoms with Gasteiger partial charge in [0.15, 0.2) is 11.5 Å². The fraction of sp³-hybridized carbons (Fsp3) is 0.273. The van der Waals surface area contributed by atoms with E-state index in [0.717, 1.165) is 31.5 Å². The Morgan fingerprint density at radius 1 is 1.05 bits per heavy atom.